The van der Waals surface area contributed by atoms with Crippen molar-refractivity contribution in [3.8, 4) is 11.1 Å². The van der Waals surface area contributed by atoms with Gasteiger partial charge < -0.3 is 19.7 Å². The normalized spacial score (nSPS) is 16.5. The van der Waals surface area contributed by atoms with Crippen LogP contribution < -0.4 is 0 Å². The van der Waals surface area contributed by atoms with E-state index in [-0.39, 0.29) is 36.2 Å². The molecule has 0 amide bonds. The van der Waals surface area contributed by atoms with E-state index in [0.29, 0.717) is 5.92 Å². The number of benzene rings is 3. The summed E-state index contributed by atoms with van der Waals surface area (Å²) in [6.07, 6.45) is 8.65. The molecule has 0 radical (unpaired) electrons. The SMILES string of the molecule is C=C(CO)C(=O)OCC(COC(=O)C(=C)CO)C1CCC(c2ccc(-c3ccc4cc(CCCCC)ccc4c3)cc2)CC1. The third-order valence-electron chi connectivity index (χ3n) is 8.94. The molecule has 6 nitrogen and oxygen atoms in total. The number of hydrogen-bond acceptors (Lipinski definition) is 6. The minimum atomic E-state index is -0.657. The summed E-state index contributed by atoms with van der Waals surface area (Å²) in [5.41, 5.74) is 5.11. The van der Waals surface area contributed by atoms with Crippen LogP contribution in [0.25, 0.3) is 21.9 Å². The Morgan fingerprint density at radius 3 is 1.93 bits per heavy atom. The highest BCUT2D eigenvalue weighted by molar-refractivity contribution is 5.89. The predicted molar refractivity (Wildman–Crippen MR) is 175 cm³/mol. The second-order valence-corrected chi connectivity index (χ2v) is 12.1. The summed E-state index contributed by atoms with van der Waals surface area (Å²) in [6.45, 7) is 8.46. The van der Waals surface area contributed by atoms with E-state index in [0.717, 1.165) is 32.1 Å². The highest BCUT2D eigenvalue weighted by atomic mass is 16.5. The third kappa shape index (κ3) is 8.90. The zero-order valence-corrected chi connectivity index (χ0v) is 25.9. The smallest absolute Gasteiger partial charge is 0.335 e. The number of rotatable bonds is 15. The number of aliphatic hydroxyl groups is 2. The number of aryl methyl sites for hydroxylation is 1. The maximum Gasteiger partial charge on any atom is 0.335 e. The van der Waals surface area contributed by atoms with Crippen molar-refractivity contribution >= 4 is 22.7 Å². The van der Waals surface area contributed by atoms with Gasteiger partial charge in [-0.15, -0.1) is 0 Å². The summed E-state index contributed by atoms with van der Waals surface area (Å²) >= 11 is 0. The maximum absolute atomic E-state index is 12.1. The van der Waals surface area contributed by atoms with E-state index in [1.54, 1.807) is 0 Å². The largest absolute Gasteiger partial charge is 0.462 e. The number of carbonyl (C=O) groups excluding carboxylic acids is 2. The van der Waals surface area contributed by atoms with Gasteiger partial charge in [0.25, 0.3) is 0 Å². The fourth-order valence-corrected chi connectivity index (χ4v) is 6.10. The lowest BCUT2D eigenvalue weighted by molar-refractivity contribution is -0.146. The van der Waals surface area contributed by atoms with Gasteiger partial charge in [-0.25, -0.2) is 9.59 Å². The van der Waals surface area contributed by atoms with Crippen LogP contribution in [-0.4, -0.2) is 48.6 Å². The van der Waals surface area contributed by atoms with Gasteiger partial charge in [0, 0.05) is 5.92 Å². The van der Waals surface area contributed by atoms with Crippen molar-refractivity contribution in [3.05, 3.63) is 96.1 Å². The highest BCUT2D eigenvalue weighted by Gasteiger charge is 2.30. The summed E-state index contributed by atoms with van der Waals surface area (Å²) in [4.78, 5) is 24.2. The van der Waals surface area contributed by atoms with Crippen molar-refractivity contribution in [2.45, 2.75) is 64.2 Å². The van der Waals surface area contributed by atoms with Crippen molar-refractivity contribution < 1.29 is 29.3 Å². The van der Waals surface area contributed by atoms with Gasteiger partial charge in [-0.2, -0.15) is 0 Å². The van der Waals surface area contributed by atoms with Gasteiger partial charge in [-0.1, -0.05) is 87.5 Å². The molecule has 1 saturated carbocycles. The number of aliphatic hydroxyl groups excluding tert-OH is 2. The van der Waals surface area contributed by atoms with Gasteiger partial charge in [-0.05, 0) is 89.5 Å². The summed E-state index contributed by atoms with van der Waals surface area (Å²) in [7, 11) is 0. The first-order valence-electron chi connectivity index (χ1n) is 15.9. The molecule has 6 heteroatoms. The number of carbonyl (C=O) groups is 2. The molecule has 1 aliphatic carbocycles. The molecule has 2 N–H and O–H groups in total. The van der Waals surface area contributed by atoms with Crippen molar-refractivity contribution in [2.75, 3.05) is 26.4 Å². The Morgan fingerprint density at radius 2 is 1.34 bits per heavy atom. The Morgan fingerprint density at radius 1 is 0.773 bits per heavy atom. The molecule has 0 saturated heterocycles. The van der Waals surface area contributed by atoms with Crippen molar-refractivity contribution in [1.29, 1.82) is 0 Å². The molecule has 0 bridgehead atoms. The van der Waals surface area contributed by atoms with Crippen LogP contribution in [0, 0.1) is 11.8 Å². The first-order valence-corrected chi connectivity index (χ1v) is 15.9. The van der Waals surface area contributed by atoms with Gasteiger partial charge in [0.05, 0.1) is 37.6 Å². The molecular weight excluding hydrogens is 552 g/mol. The van der Waals surface area contributed by atoms with Gasteiger partial charge >= 0.3 is 11.9 Å². The molecule has 0 aromatic heterocycles. The average Bonchev–Trinajstić information content (AvgIpc) is 3.07. The molecule has 1 fully saturated rings. The van der Waals surface area contributed by atoms with E-state index in [4.69, 9.17) is 9.47 Å². The zero-order chi connectivity index (χ0) is 31.5. The van der Waals surface area contributed by atoms with Crippen LogP contribution in [0.15, 0.2) is 85.0 Å². The standard InChI is InChI=1S/C38H46O6/c1-4-5-6-7-28-8-9-35-21-34(19-18-33(35)20-28)31-14-10-29(11-15-31)30-12-16-32(17-13-30)36(24-43-37(41)26(2)22-39)25-44-38(42)27(3)23-40/h8-11,14-15,18-21,30,32,36,39-40H,2-7,12-13,16-17,22-25H2,1H3. The lowest BCUT2D eigenvalue weighted by Crippen LogP contribution is -2.31. The first kappa shape index (κ1) is 33.2. The molecule has 234 valence electrons. The van der Waals surface area contributed by atoms with Gasteiger partial charge in [-0.3, -0.25) is 0 Å². The molecule has 3 aromatic rings. The molecular formula is C38H46O6. The Kier molecular flexibility index (Phi) is 12.3. The number of fused-ring (bicyclic) bond motifs is 1. The summed E-state index contributed by atoms with van der Waals surface area (Å²) in [6, 6.07) is 22.5. The van der Waals surface area contributed by atoms with Crippen molar-refractivity contribution in [3.63, 3.8) is 0 Å². The molecule has 0 aliphatic heterocycles. The number of unbranched alkanes of at least 4 members (excludes halogenated alkanes) is 2. The molecule has 0 spiro atoms. The summed E-state index contributed by atoms with van der Waals surface area (Å²) in [5.74, 6) is -0.894. The van der Waals surface area contributed by atoms with Crippen molar-refractivity contribution in [1.82, 2.24) is 0 Å². The predicted octanol–water partition coefficient (Wildman–Crippen LogP) is 7.31. The summed E-state index contributed by atoms with van der Waals surface area (Å²) in [5, 5.41) is 20.9. The minimum Gasteiger partial charge on any atom is -0.462 e. The van der Waals surface area contributed by atoms with Crippen LogP contribution in [0.3, 0.4) is 0 Å². The number of hydrogen-bond donors (Lipinski definition) is 2. The topological polar surface area (TPSA) is 93.1 Å². The molecule has 0 unspecified atom stereocenters. The Hall–Kier alpha value is -3.74. The second kappa shape index (κ2) is 16.4. The van der Waals surface area contributed by atoms with E-state index in [2.05, 4.69) is 80.7 Å². The van der Waals surface area contributed by atoms with Crippen LogP contribution >= 0.6 is 0 Å². The van der Waals surface area contributed by atoms with E-state index >= 15 is 0 Å². The van der Waals surface area contributed by atoms with E-state index in [1.165, 1.54) is 52.3 Å². The van der Waals surface area contributed by atoms with Gasteiger partial charge in [0.1, 0.15) is 0 Å². The van der Waals surface area contributed by atoms with E-state index < -0.39 is 25.2 Å². The summed E-state index contributed by atoms with van der Waals surface area (Å²) < 4.78 is 10.8. The number of ether oxygens (including phenoxy) is 2. The highest BCUT2D eigenvalue weighted by Crippen LogP contribution is 2.40. The molecule has 4 rings (SSSR count). The Labute approximate surface area is 261 Å². The lowest BCUT2D eigenvalue weighted by Gasteiger charge is -2.33. The molecule has 3 aromatic carbocycles. The Bertz CT molecular complexity index is 1400. The van der Waals surface area contributed by atoms with Gasteiger partial charge in [0.15, 0.2) is 0 Å². The monoisotopic (exact) mass is 598 g/mol. The van der Waals surface area contributed by atoms with Crippen molar-refractivity contribution in [2.24, 2.45) is 11.8 Å². The minimum absolute atomic E-state index is 0.0165. The van der Waals surface area contributed by atoms with E-state index in [9.17, 15) is 19.8 Å². The fraction of sp³-hybridized carbons (Fsp3) is 0.421. The first-order chi connectivity index (χ1) is 21.3. The van der Waals surface area contributed by atoms with Crippen LogP contribution in [-0.2, 0) is 25.5 Å². The average molecular weight is 599 g/mol. The zero-order valence-electron chi connectivity index (χ0n) is 25.9. The van der Waals surface area contributed by atoms with Gasteiger partial charge in [0.2, 0.25) is 0 Å². The maximum atomic E-state index is 12.1. The Balaban J connectivity index is 1.36. The molecule has 1 aliphatic rings. The molecule has 0 heterocycles. The number of esters is 2. The molecule has 44 heavy (non-hydrogen) atoms. The molecule has 0 atom stereocenters. The lowest BCUT2D eigenvalue weighted by atomic mass is 9.74. The van der Waals surface area contributed by atoms with E-state index in [1.807, 2.05) is 0 Å². The fourth-order valence-electron chi connectivity index (χ4n) is 6.10. The van der Waals surface area contributed by atoms with Crippen LogP contribution in [0.5, 0.6) is 0 Å². The van der Waals surface area contributed by atoms with Crippen LogP contribution in [0.2, 0.25) is 0 Å². The van der Waals surface area contributed by atoms with Crippen LogP contribution in [0.4, 0.5) is 0 Å². The van der Waals surface area contributed by atoms with Crippen LogP contribution in [0.1, 0.15) is 68.9 Å². The third-order valence-corrected chi connectivity index (χ3v) is 8.94. The quantitative estimate of drug-likeness (QED) is 0.108. The second-order valence-electron chi connectivity index (χ2n) is 12.1.